The summed E-state index contributed by atoms with van der Waals surface area (Å²) in [5.41, 5.74) is 0.316. The monoisotopic (exact) mass is 357 g/mol. The highest BCUT2D eigenvalue weighted by atomic mass is 16.5. The first-order valence-electron chi connectivity index (χ1n) is 9.04. The number of morpholine rings is 1. The molecule has 6 heteroatoms. The molecule has 0 spiro atoms. The SMILES string of the molecule is CN(C)C(CCNC(=O)c1cc2ccccc2cc1O)N1CCOCC1. The van der Waals surface area contributed by atoms with Gasteiger partial charge in [-0.3, -0.25) is 14.6 Å². The Morgan fingerprint density at radius 2 is 1.88 bits per heavy atom. The van der Waals surface area contributed by atoms with Crippen LogP contribution in [0.15, 0.2) is 36.4 Å². The van der Waals surface area contributed by atoms with E-state index in [0.29, 0.717) is 12.1 Å². The van der Waals surface area contributed by atoms with Gasteiger partial charge in [-0.25, -0.2) is 0 Å². The summed E-state index contributed by atoms with van der Waals surface area (Å²) in [7, 11) is 4.11. The second-order valence-electron chi connectivity index (χ2n) is 6.85. The van der Waals surface area contributed by atoms with Gasteiger partial charge >= 0.3 is 0 Å². The van der Waals surface area contributed by atoms with Crippen LogP contribution in [-0.4, -0.2) is 73.9 Å². The van der Waals surface area contributed by atoms with Crippen LogP contribution < -0.4 is 5.32 Å². The van der Waals surface area contributed by atoms with E-state index in [1.807, 2.05) is 24.3 Å². The van der Waals surface area contributed by atoms with Crippen molar-refractivity contribution in [3.63, 3.8) is 0 Å². The van der Waals surface area contributed by atoms with Crippen molar-refractivity contribution in [2.24, 2.45) is 0 Å². The summed E-state index contributed by atoms with van der Waals surface area (Å²) in [5.74, 6) is -0.230. The predicted octanol–water partition coefficient (Wildman–Crippen LogP) is 1.89. The second-order valence-corrected chi connectivity index (χ2v) is 6.85. The van der Waals surface area contributed by atoms with Crippen molar-refractivity contribution in [3.8, 4) is 5.75 Å². The van der Waals surface area contributed by atoms with Gasteiger partial charge in [0.25, 0.3) is 5.91 Å². The fourth-order valence-corrected chi connectivity index (χ4v) is 3.46. The molecule has 1 aliphatic heterocycles. The van der Waals surface area contributed by atoms with Gasteiger partial charge < -0.3 is 15.2 Å². The van der Waals surface area contributed by atoms with E-state index < -0.39 is 0 Å². The number of nitrogens with zero attached hydrogens (tertiary/aromatic N) is 2. The van der Waals surface area contributed by atoms with Gasteiger partial charge in [0.2, 0.25) is 0 Å². The number of fused-ring (bicyclic) bond motifs is 1. The van der Waals surface area contributed by atoms with Gasteiger partial charge in [0.05, 0.1) is 24.9 Å². The fraction of sp³-hybridized carbons (Fsp3) is 0.450. The maximum absolute atomic E-state index is 12.5. The number of rotatable bonds is 6. The molecule has 1 amide bonds. The van der Waals surface area contributed by atoms with Gasteiger partial charge in [-0.05, 0) is 43.4 Å². The number of carbonyl (C=O) groups excluding carboxylic acids is 1. The van der Waals surface area contributed by atoms with Crippen LogP contribution in [0.4, 0.5) is 0 Å². The molecule has 0 radical (unpaired) electrons. The highest BCUT2D eigenvalue weighted by Crippen LogP contribution is 2.24. The summed E-state index contributed by atoms with van der Waals surface area (Å²) in [6.45, 7) is 3.86. The first kappa shape index (κ1) is 18.6. The van der Waals surface area contributed by atoms with Gasteiger partial charge in [0, 0.05) is 19.6 Å². The predicted molar refractivity (Wildman–Crippen MR) is 102 cm³/mol. The van der Waals surface area contributed by atoms with E-state index in [1.54, 1.807) is 12.1 Å². The van der Waals surface area contributed by atoms with Crippen LogP contribution in [0, 0.1) is 0 Å². The number of phenols is 1. The zero-order valence-electron chi connectivity index (χ0n) is 15.4. The van der Waals surface area contributed by atoms with Crippen molar-refractivity contribution in [2.45, 2.75) is 12.6 Å². The van der Waals surface area contributed by atoms with Crippen molar-refractivity contribution < 1.29 is 14.6 Å². The molecule has 0 bridgehead atoms. The number of carbonyl (C=O) groups is 1. The number of phenolic OH excluding ortho intramolecular Hbond substituents is 1. The minimum absolute atomic E-state index is 0.0125. The van der Waals surface area contributed by atoms with Crippen LogP contribution in [0.1, 0.15) is 16.8 Å². The second kappa shape index (κ2) is 8.49. The molecule has 26 heavy (non-hydrogen) atoms. The van der Waals surface area contributed by atoms with Crippen molar-refractivity contribution in [1.82, 2.24) is 15.1 Å². The van der Waals surface area contributed by atoms with Gasteiger partial charge in [-0.2, -0.15) is 0 Å². The average molecular weight is 357 g/mol. The van der Waals surface area contributed by atoms with Crippen molar-refractivity contribution in [2.75, 3.05) is 46.9 Å². The lowest BCUT2D eigenvalue weighted by Crippen LogP contribution is -2.51. The largest absolute Gasteiger partial charge is 0.507 e. The Hall–Kier alpha value is -2.15. The molecule has 2 aromatic carbocycles. The number of ether oxygens (including phenoxy) is 1. The zero-order chi connectivity index (χ0) is 18.5. The van der Waals surface area contributed by atoms with E-state index in [0.717, 1.165) is 43.5 Å². The van der Waals surface area contributed by atoms with Crippen LogP contribution in [0.5, 0.6) is 5.75 Å². The third kappa shape index (κ3) is 4.33. The van der Waals surface area contributed by atoms with Crippen molar-refractivity contribution in [1.29, 1.82) is 0 Å². The third-order valence-electron chi connectivity index (χ3n) is 4.86. The molecule has 6 nitrogen and oxygen atoms in total. The van der Waals surface area contributed by atoms with Gasteiger partial charge in [-0.1, -0.05) is 24.3 Å². The lowest BCUT2D eigenvalue weighted by Gasteiger charge is -2.38. The molecule has 1 saturated heterocycles. The highest BCUT2D eigenvalue weighted by Gasteiger charge is 2.22. The Morgan fingerprint density at radius 1 is 1.23 bits per heavy atom. The van der Waals surface area contributed by atoms with Crippen LogP contribution in [0.2, 0.25) is 0 Å². The first-order valence-corrected chi connectivity index (χ1v) is 9.04. The Bertz CT molecular complexity index is 757. The Morgan fingerprint density at radius 3 is 2.54 bits per heavy atom. The zero-order valence-corrected chi connectivity index (χ0v) is 15.4. The lowest BCUT2D eigenvalue weighted by molar-refractivity contribution is -0.0218. The van der Waals surface area contributed by atoms with E-state index >= 15 is 0 Å². The van der Waals surface area contributed by atoms with Gasteiger partial charge in [0.15, 0.2) is 0 Å². The van der Waals surface area contributed by atoms with Crippen molar-refractivity contribution in [3.05, 3.63) is 42.0 Å². The molecule has 3 rings (SSSR count). The summed E-state index contributed by atoms with van der Waals surface area (Å²) < 4.78 is 5.42. The summed E-state index contributed by atoms with van der Waals surface area (Å²) in [6.07, 6.45) is 1.07. The van der Waals surface area contributed by atoms with Crippen LogP contribution in [0.3, 0.4) is 0 Å². The van der Waals surface area contributed by atoms with Crippen LogP contribution in [0.25, 0.3) is 10.8 Å². The molecule has 2 N–H and O–H groups in total. The number of hydrogen-bond donors (Lipinski definition) is 2. The maximum Gasteiger partial charge on any atom is 0.255 e. The van der Waals surface area contributed by atoms with Crippen LogP contribution >= 0.6 is 0 Å². The number of aromatic hydroxyl groups is 1. The topological polar surface area (TPSA) is 65.0 Å². The van der Waals surface area contributed by atoms with E-state index in [4.69, 9.17) is 4.74 Å². The minimum Gasteiger partial charge on any atom is -0.507 e. The van der Waals surface area contributed by atoms with Crippen molar-refractivity contribution >= 4 is 16.7 Å². The summed E-state index contributed by atoms with van der Waals surface area (Å²) in [4.78, 5) is 17.1. The summed E-state index contributed by atoms with van der Waals surface area (Å²) >= 11 is 0. The maximum atomic E-state index is 12.5. The minimum atomic E-state index is -0.243. The summed E-state index contributed by atoms with van der Waals surface area (Å²) in [5, 5.41) is 15.0. The molecule has 1 unspecified atom stereocenters. The molecule has 140 valence electrons. The number of benzene rings is 2. The molecule has 0 saturated carbocycles. The molecule has 1 fully saturated rings. The number of amides is 1. The number of nitrogens with one attached hydrogen (secondary N) is 1. The molecular formula is C20H27N3O3. The number of hydrogen-bond acceptors (Lipinski definition) is 5. The Kier molecular flexibility index (Phi) is 6.08. The molecule has 0 aliphatic carbocycles. The highest BCUT2D eigenvalue weighted by molar-refractivity contribution is 6.01. The Labute approximate surface area is 154 Å². The van der Waals surface area contributed by atoms with Gasteiger partial charge in [-0.15, -0.1) is 0 Å². The smallest absolute Gasteiger partial charge is 0.255 e. The molecular weight excluding hydrogens is 330 g/mol. The third-order valence-corrected chi connectivity index (χ3v) is 4.86. The van der Waals surface area contributed by atoms with E-state index in [2.05, 4.69) is 29.2 Å². The molecule has 1 atom stereocenters. The standard InChI is InChI=1S/C20H27N3O3/c1-22(2)19(23-9-11-26-12-10-23)7-8-21-20(25)17-13-15-5-3-4-6-16(15)14-18(17)24/h3-6,13-14,19,24H,7-12H2,1-2H3,(H,21,25). The molecule has 1 aliphatic rings. The van der Waals surface area contributed by atoms with Gasteiger partial charge in [0.1, 0.15) is 5.75 Å². The fourth-order valence-electron chi connectivity index (χ4n) is 3.46. The quantitative estimate of drug-likeness (QED) is 0.827. The van der Waals surface area contributed by atoms with E-state index in [9.17, 15) is 9.90 Å². The van der Waals surface area contributed by atoms with Crippen LogP contribution in [-0.2, 0) is 4.74 Å². The van der Waals surface area contributed by atoms with E-state index in [-0.39, 0.29) is 17.8 Å². The summed E-state index contributed by atoms with van der Waals surface area (Å²) in [6, 6.07) is 11.1. The molecule has 0 aromatic heterocycles. The first-order chi connectivity index (χ1) is 12.6. The molecule has 1 heterocycles. The Balaban J connectivity index is 1.62. The lowest BCUT2D eigenvalue weighted by atomic mass is 10.1. The molecule has 2 aromatic rings. The van der Waals surface area contributed by atoms with E-state index in [1.165, 1.54) is 0 Å². The average Bonchev–Trinajstić information content (AvgIpc) is 2.65. The normalized spacial score (nSPS) is 16.7.